The monoisotopic (exact) mass is 448 g/mol. The Morgan fingerprint density at radius 3 is 2.12 bits per heavy atom. The summed E-state index contributed by atoms with van der Waals surface area (Å²) in [4.78, 5) is 6.82. The second-order valence-corrected chi connectivity index (χ2v) is 9.34. The lowest BCUT2D eigenvalue weighted by Gasteiger charge is -2.46. The summed E-state index contributed by atoms with van der Waals surface area (Å²) in [6.45, 7) is 8.37. The first-order chi connectivity index (χ1) is 15.5. The number of halogens is 3. The Kier molecular flexibility index (Phi) is 5.91. The molecule has 2 nitrogen and oxygen atoms in total. The molecule has 3 aromatic rings. The highest BCUT2D eigenvalue weighted by Gasteiger charge is 2.35. The first-order valence-electron chi connectivity index (χ1n) is 10.9. The van der Waals surface area contributed by atoms with Crippen LogP contribution in [0.1, 0.15) is 50.4 Å². The number of hydrogen-bond donors (Lipinski definition) is 0. The summed E-state index contributed by atoms with van der Waals surface area (Å²) in [6.07, 6.45) is 1.70. The molecule has 1 aliphatic heterocycles. The molecule has 170 valence electrons. The maximum absolute atomic E-state index is 13.1. The first kappa shape index (κ1) is 22.8. The fourth-order valence-corrected chi connectivity index (χ4v) is 4.28. The SMILES string of the molecule is CC1=CC(c2ccc(C(F)(F)F)cc2)N(C(C)(C)C)C(c2ccnc(-c3ccccc3)c2)=C1. The molecule has 1 aliphatic rings. The summed E-state index contributed by atoms with van der Waals surface area (Å²) in [7, 11) is 0. The molecule has 0 spiro atoms. The van der Waals surface area contributed by atoms with E-state index in [2.05, 4.69) is 48.9 Å². The van der Waals surface area contributed by atoms with Gasteiger partial charge in [0.15, 0.2) is 0 Å². The molecule has 0 amide bonds. The van der Waals surface area contributed by atoms with Crippen LogP contribution in [0.5, 0.6) is 0 Å². The van der Waals surface area contributed by atoms with Crippen molar-refractivity contribution in [1.29, 1.82) is 0 Å². The van der Waals surface area contributed by atoms with Crippen LogP contribution in [0.3, 0.4) is 0 Å². The molecule has 0 aliphatic carbocycles. The van der Waals surface area contributed by atoms with Crippen molar-refractivity contribution in [2.75, 3.05) is 0 Å². The number of allylic oxidation sites excluding steroid dienone is 2. The highest BCUT2D eigenvalue weighted by molar-refractivity contribution is 5.73. The van der Waals surface area contributed by atoms with E-state index in [4.69, 9.17) is 0 Å². The van der Waals surface area contributed by atoms with Gasteiger partial charge in [-0.2, -0.15) is 13.2 Å². The first-order valence-corrected chi connectivity index (χ1v) is 10.9. The van der Waals surface area contributed by atoms with Crippen molar-refractivity contribution >= 4 is 5.70 Å². The molecular formula is C28H27F3N2. The van der Waals surface area contributed by atoms with Gasteiger partial charge in [-0.05, 0) is 63.6 Å². The average molecular weight is 449 g/mol. The molecule has 4 rings (SSSR count). The lowest BCUT2D eigenvalue weighted by atomic mass is 9.89. The molecule has 0 N–H and O–H groups in total. The van der Waals surface area contributed by atoms with Crippen molar-refractivity contribution in [3.05, 3.63) is 107 Å². The van der Waals surface area contributed by atoms with Crippen LogP contribution in [0, 0.1) is 0 Å². The molecule has 5 heteroatoms. The number of hydrogen-bond acceptors (Lipinski definition) is 2. The second kappa shape index (κ2) is 8.54. The minimum atomic E-state index is -4.35. The maximum atomic E-state index is 13.1. The number of aromatic nitrogens is 1. The average Bonchev–Trinajstić information content (AvgIpc) is 2.78. The normalized spacial score (nSPS) is 16.9. The van der Waals surface area contributed by atoms with Crippen molar-refractivity contribution in [2.45, 2.75) is 45.5 Å². The van der Waals surface area contributed by atoms with E-state index >= 15 is 0 Å². The van der Waals surface area contributed by atoms with Crippen molar-refractivity contribution in [3.8, 4) is 11.3 Å². The lowest BCUT2D eigenvalue weighted by Crippen LogP contribution is -2.43. The lowest BCUT2D eigenvalue weighted by molar-refractivity contribution is -0.137. The quantitative estimate of drug-likeness (QED) is 0.405. The Labute approximate surface area is 193 Å². The van der Waals surface area contributed by atoms with Crippen LogP contribution in [0.4, 0.5) is 13.2 Å². The number of rotatable bonds is 3. The Morgan fingerprint density at radius 1 is 0.848 bits per heavy atom. The van der Waals surface area contributed by atoms with Gasteiger partial charge in [0.05, 0.1) is 17.3 Å². The van der Waals surface area contributed by atoms with Gasteiger partial charge in [-0.1, -0.05) is 54.1 Å². The Bertz CT molecular complexity index is 1180. The minimum absolute atomic E-state index is 0.194. The van der Waals surface area contributed by atoms with E-state index in [1.165, 1.54) is 0 Å². The molecule has 0 fully saturated rings. The number of benzene rings is 2. The van der Waals surface area contributed by atoms with E-state index < -0.39 is 11.7 Å². The summed E-state index contributed by atoms with van der Waals surface area (Å²) in [5.74, 6) is 0. The van der Waals surface area contributed by atoms with Crippen molar-refractivity contribution in [3.63, 3.8) is 0 Å². The van der Waals surface area contributed by atoms with E-state index in [0.29, 0.717) is 0 Å². The number of nitrogens with zero attached hydrogens (tertiary/aromatic N) is 2. The fraction of sp³-hybridized carbons (Fsp3) is 0.250. The summed E-state index contributed by atoms with van der Waals surface area (Å²) < 4.78 is 39.3. The highest BCUT2D eigenvalue weighted by Crippen LogP contribution is 2.42. The molecular weight excluding hydrogens is 421 g/mol. The predicted molar refractivity (Wildman–Crippen MR) is 127 cm³/mol. The standard InChI is InChI=1S/C28H27F3N2/c1-19-16-25(21-10-12-23(13-11-21)28(29,30)31)33(27(2,3)4)26(17-19)22-14-15-32-24(18-22)20-8-6-5-7-9-20/h5-18,25H,1-4H3. The van der Waals surface area contributed by atoms with E-state index in [0.717, 1.165) is 45.8 Å². The van der Waals surface area contributed by atoms with Crippen molar-refractivity contribution in [1.82, 2.24) is 9.88 Å². The summed E-state index contributed by atoms with van der Waals surface area (Å²) in [5, 5.41) is 0. The summed E-state index contributed by atoms with van der Waals surface area (Å²) >= 11 is 0. The maximum Gasteiger partial charge on any atom is 0.416 e. The molecule has 1 aromatic heterocycles. The predicted octanol–water partition coefficient (Wildman–Crippen LogP) is 7.91. The molecule has 0 radical (unpaired) electrons. The van der Waals surface area contributed by atoms with E-state index in [-0.39, 0.29) is 11.6 Å². The Hall–Kier alpha value is -3.34. The minimum Gasteiger partial charge on any atom is -0.356 e. The zero-order valence-corrected chi connectivity index (χ0v) is 19.2. The molecule has 0 saturated carbocycles. The van der Waals surface area contributed by atoms with Crippen LogP contribution >= 0.6 is 0 Å². The van der Waals surface area contributed by atoms with Gasteiger partial charge in [0, 0.05) is 28.6 Å². The van der Waals surface area contributed by atoms with Crippen LogP contribution in [0.25, 0.3) is 17.0 Å². The van der Waals surface area contributed by atoms with Crippen molar-refractivity contribution in [2.24, 2.45) is 0 Å². The number of pyridine rings is 1. The third kappa shape index (κ3) is 4.87. The van der Waals surface area contributed by atoms with Gasteiger partial charge < -0.3 is 4.90 Å². The topological polar surface area (TPSA) is 16.1 Å². The third-order valence-corrected chi connectivity index (χ3v) is 5.75. The van der Waals surface area contributed by atoms with Crippen LogP contribution in [0.15, 0.2) is 90.7 Å². The van der Waals surface area contributed by atoms with Gasteiger partial charge in [0.2, 0.25) is 0 Å². The molecule has 1 atom stereocenters. The van der Waals surface area contributed by atoms with Gasteiger partial charge in [0.25, 0.3) is 0 Å². The van der Waals surface area contributed by atoms with Crippen LogP contribution < -0.4 is 0 Å². The molecule has 1 unspecified atom stereocenters. The number of alkyl halides is 3. The van der Waals surface area contributed by atoms with E-state index in [9.17, 15) is 13.2 Å². The highest BCUT2D eigenvalue weighted by atomic mass is 19.4. The summed E-state index contributed by atoms with van der Waals surface area (Å²) in [6, 6.07) is 19.4. The van der Waals surface area contributed by atoms with Gasteiger partial charge in [-0.3, -0.25) is 4.98 Å². The van der Waals surface area contributed by atoms with Gasteiger partial charge in [0.1, 0.15) is 0 Å². The van der Waals surface area contributed by atoms with Crippen LogP contribution in [0.2, 0.25) is 0 Å². The van der Waals surface area contributed by atoms with Gasteiger partial charge >= 0.3 is 6.18 Å². The smallest absolute Gasteiger partial charge is 0.356 e. The van der Waals surface area contributed by atoms with E-state index in [1.807, 2.05) is 43.3 Å². The second-order valence-electron chi connectivity index (χ2n) is 9.34. The zero-order valence-electron chi connectivity index (χ0n) is 19.2. The van der Waals surface area contributed by atoms with Crippen molar-refractivity contribution < 1.29 is 13.2 Å². The molecule has 33 heavy (non-hydrogen) atoms. The molecule has 0 bridgehead atoms. The van der Waals surface area contributed by atoms with E-state index in [1.54, 1.807) is 18.3 Å². The van der Waals surface area contributed by atoms with Crippen LogP contribution in [-0.4, -0.2) is 15.4 Å². The zero-order chi connectivity index (χ0) is 23.8. The Morgan fingerprint density at radius 2 is 1.52 bits per heavy atom. The molecule has 0 saturated heterocycles. The van der Waals surface area contributed by atoms with Gasteiger partial charge in [-0.25, -0.2) is 0 Å². The third-order valence-electron chi connectivity index (χ3n) is 5.75. The molecule has 2 heterocycles. The largest absolute Gasteiger partial charge is 0.416 e. The Balaban J connectivity index is 1.79. The fourth-order valence-electron chi connectivity index (χ4n) is 4.28. The molecule has 2 aromatic carbocycles. The van der Waals surface area contributed by atoms with Crippen LogP contribution in [-0.2, 0) is 6.18 Å². The summed E-state index contributed by atoms with van der Waals surface area (Å²) in [5.41, 5.74) is 4.91. The van der Waals surface area contributed by atoms with Gasteiger partial charge in [-0.15, -0.1) is 0 Å².